The summed E-state index contributed by atoms with van der Waals surface area (Å²) in [5.74, 6) is -3.29. The van der Waals surface area contributed by atoms with Crippen LogP contribution in [0.4, 0.5) is 0 Å². The fourth-order valence-electron chi connectivity index (χ4n) is 6.41. The third-order valence-electron chi connectivity index (χ3n) is 8.11. The summed E-state index contributed by atoms with van der Waals surface area (Å²) in [5, 5.41) is 41.2. The van der Waals surface area contributed by atoms with E-state index in [4.69, 9.17) is 19.3 Å². The summed E-state index contributed by atoms with van der Waals surface area (Å²) in [6, 6.07) is 3.78. The number of benzene rings is 1. The van der Waals surface area contributed by atoms with E-state index in [0.29, 0.717) is 24.3 Å². The number of methoxy groups -OCH3 is 1. The summed E-state index contributed by atoms with van der Waals surface area (Å²) in [6.45, 7) is 1.06. The van der Waals surface area contributed by atoms with Gasteiger partial charge < -0.3 is 39.4 Å². The molecule has 0 aromatic heterocycles. The molecule has 7 atom stereocenters. The van der Waals surface area contributed by atoms with Crippen LogP contribution in [0.5, 0.6) is 11.5 Å². The van der Waals surface area contributed by atoms with Gasteiger partial charge in [0.2, 0.25) is 0 Å². The first-order valence-electron chi connectivity index (χ1n) is 11.9. The number of aliphatic hydroxyl groups excluding tert-OH is 2. The number of carbonyl (C=O) groups excluding carboxylic acids is 2. The van der Waals surface area contributed by atoms with Crippen molar-refractivity contribution in [1.29, 1.82) is 0 Å². The van der Waals surface area contributed by atoms with Crippen molar-refractivity contribution >= 4 is 17.9 Å². The number of carboxylic acids is 1. The van der Waals surface area contributed by atoms with Gasteiger partial charge in [-0.3, -0.25) is 0 Å². The minimum Gasteiger partial charge on any atom is -0.493 e. The highest BCUT2D eigenvalue weighted by molar-refractivity contribution is 5.87. The summed E-state index contributed by atoms with van der Waals surface area (Å²) in [6.07, 6.45) is -2.50. The van der Waals surface area contributed by atoms with Crippen LogP contribution in [0.15, 0.2) is 24.0 Å². The van der Waals surface area contributed by atoms with Crippen molar-refractivity contribution in [3.05, 3.63) is 35.1 Å². The Labute approximate surface area is 206 Å². The van der Waals surface area contributed by atoms with Gasteiger partial charge in [-0.2, -0.15) is 0 Å². The average Bonchev–Trinajstić information content (AvgIpc) is 3.19. The summed E-state index contributed by atoms with van der Waals surface area (Å²) < 4.78 is 21.8. The lowest BCUT2D eigenvalue weighted by atomic mass is 9.47. The number of carbonyl (C=O) groups is 3. The molecular weight excluding hydrogens is 476 g/mol. The van der Waals surface area contributed by atoms with Gasteiger partial charge in [-0.15, -0.1) is 0 Å². The zero-order valence-electron chi connectivity index (χ0n) is 19.8. The standard InChI is InChI=1S/C25H28O11/c1-11(21(28)29)34-22(30)17(26)18(27)23(31)35-15-7-9-25(32)13-4-3-8-24(25)16-12(10-13)5-6-14(33-2)19(16)36-20(15)24/h5-7,11,13,17-18,20,26-27,32H,3-4,8-10H2,1-2H3,(H,28,29)/t11-,13-,17+,18+,20+,24+,25-/m0/s1. The molecule has 0 unspecified atom stereocenters. The van der Waals surface area contributed by atoms with Gasteiger partial charge in [0.15, 0.2) is 35.9 Å². The van der Waals surface area contributed by atoms with Crippen molar-refractivity contribution in [2.75, 3.05) is 7.11 Å². The second-order valence-corrected chi connectivity index (χ2v) is 9.86. The molecule has 4 aliphatic rings. The average molecular weight is 504 g/mol. The van der Waals surface area contributed by atoms with Crippen molar-refractivity contribution in [1.82, 2.24) is 0 Å². The molecule has 1 aliphatic heterocycles. The maximum absolute atomic E-state index is 12.7. The maximum atomic E-state index is 12.7. The normalized spacial score (nSPS) is 31.6. The highest BCUT2D eigenvalue weighted by Crippen LogP contribution is 2.67. The molecule has 11 heteroatoms. The lowest BCUT2D eigenvalue weighted by molar-refractivity contribution is -0.181. The molecule has 1 fully saturated rings. The molecule has 2 bridgehead atoms. The Morgan fingerprint density at radius 1 is 1.17 bits per heavy atom. The number of aliphatic hydroxyl groups is 3. The first-order valence-corrected chi connectivity index (χ1v) is 11.9. The van der Waals surface area contributed by atoms with Gasteiger partial charge in [-0.25, -0.2) is 14.4 Å². The highest BCUT2D eigenvalue weighted by atomic mass is 16.6. The smallest absolute Gasteiger partial charge is 0.344 e. The van der Waals surface area contributed by atoms with Crippen LogP contribution in [0.25, 0.3) is 0 Å². The monoisotopic (exact) mass is 504 g/mol. The predicted molar refractivity (Wildman–Crippen MR) is 119 cm³/mol. The Hall–Kier alpha value is -3.15. The van der Waals surface area contributed by atoms with E-state index < -0.39 is 53.3 Å². The van der Waals surface area contributed by atoms with Crippen LogP contribution in [0.2, 0.25) is 0 Å². The van der Waals surface area contributed by atoms with Crippen molar-refractivity contribution in [2.24, 2.45) is 5.92 Å². The van der Waals surface area contributed by atoms with Gasteiger partial charge in [0.05, 0.1) is 18.1 Å². The van der Waals surface area contributed by atoms with Crippen LogP contribution in [-0.4, -0.2) is 75.5 Å². The second kappa shape index (κ2) is 8.46. The topological polar surface area (TPSA) is 169 Å². The van der Waals surface area contributed by atoms with Gasteiger partial charge in [-0.1, -0.05) is 12.5 Å². The van der Waals surface area contributed by atoms with E-state index in [2.05, 4.69) is 4.74 Å². The molecule has 36 heavy (non-hydrogen) atoms. The SMILES string of the molecule is COc1ccc2c3c1O[C@@H]1C(OC(=O)[C@H](O)[C@@H](O)C(=O)O[C@@H](C)C(=O)O)=CC[C@]4(O)[C@@H](CCC[C@@]314)C2. The van der Waals surface area contributed by atoms with Crippen molar-refractivity contribution in [2.45, 2.75) is 74.5 Å². The number of carboxylic acid groups (broad SMARTS) is 1. The fourth-order valence-corrected chi connectivity index (χ4v) is 6.41. The summed E-state index contributed by atoms with van der Waals surface area (Å²) in [4.78, 5) is 35.6. The first kappa shape index (κ1) is 24.5. The van der Waals surface area contributed by atoms with E-state index in [1.807, 2.05) is 12.1 Å². The van der Waals surface area contributed by atoms with Gasteiger partial charge in [0.25, 0.3) is 0 Å². The lowest BCUT2D eigenvalue weighted by Crippen LogP contribution is -2.67. The van der Waals surface area contributed by atoms with E-state index >= 15 is 0 Å². The fraction of sp³-hybridized carbons (Fsp3) is 0.560. The van der Waals surface area contributed by atoms with Gasteiger partial charge in [-0.05, 0) is 56.2 Å². The zero-order valence-corrected chi connectivity index (χ0v) is 19.8. The first-order chi connectivity index (χ1) is 17.0. The van der Waals surface area contributed by atoms with Crippen LogP contribution in [0.1, 0.15) is 43.7 Å². The Morgan fingerprint density at radius 3 is 2.58 bits per heavy atom. The third-order valence-corrected chi connectivity index (χ3v) is 8.11. The summed E-state index contributed by atoms with van der Waals surface area (Å²) >= 11 is 0. The molecule has 194 valence electrons. The Bertz CT molecular complexity index is 1160. The van der Waals surface area contributed by atoms with E-state index in [1.54, 1.807) is 6.08 Å². The van der Waals surface area contributed by atoms with Gasteiger partial charge >= 0.3 is 17.9 Å². The Morgan fingerprint density at radius 2 is 1.89 bits per heavy atom. The number of esters is 2. The van der Waals surface area contributed by atoms with E-state index in [-0.39, 0.29) is 18.1 Å². The molecule has 1 spiro atoms. The summed E-state index contributed by atoms with van der Waals surface area (Å²) in [7, 11) is 1.51. The largest absolute Gasteiger partial charge is 0.493 e. The molecule has 1 aromatic rings. The molecule has 1 saturated carbocycles. The maximum Gasteiger partial charge on any atom is 0.344 e. The Kier molecular flexibility index (Phi) is 5.77. The van der Waals surface area contributed by atoms with Crippen LogP contribution in [0, 0.1) is 5.92 Å². The zero-order chi connectivity index (χ0) is 26.0. The van der Waals surface area contributed by atoms with Crippen LogP contribution < -0.4 is 9.47 Å². The number of aliphatic carboxylic acids is 1. The van der Waals surface area contributed by atoms with E-state index in [9.17, 15) is 29.7 Å². The van der Waals surface area contributed by atoms with E-state index in [1.165, 1.54) is 7.11 Å². The molecule has 0 saturated heterocycles. The molecule has 1 heterocycles. The Balaban J connectivity index is 1.44. The number of rotatable bonds is 7. The number of hydrogen-bond acceptors (Lipinski definition) is 10. The van der Waals surface area contributed by atoms with Crippen molar-refractivity contribution < 1.29 is 53.8 Å². The highest BCUT2D eigenvalue weighted by Gasteiger charge is 2.71. The molecule has 4 N–H and O–H groups in total. The lowest BCUT2D eigenvalue weighted by Gasteiger charge is -2.59. The number of ether oxygens (including phenoxy) is 4. The minimum absolute atomic E-state index is 0.0175. The van der Waals surface area contributed by atoms with Crippen molar-refractivity contribution in [3.63, 3.8) is 0 Å². The van der Waals surface area contributed by atoms with Gasteiger partial charge in [0.1, 0.15) is 5.76 Å². The molecule has 5 rings (SSSR count). The third kappa shape index (κ3) is 3.26. The molecular formula is C25H28O11. The molecule has 11 nitrogen and oxygen atoms in total. The van der Waals surface area contributed by atoms with Gasteiger partial charge in [0, 0.05) is 5.56 Å². The second-order valence-electron chi connectivity index (χ2n) is 9.86. The quantitative estimate of drug-likeness (QED) is 0.378. The molecule has 3 aliphatic carbocycles. The van der Waals surface area contributed by atoms with Crippen LogP contribution in [0.3, 0.4) is 0 Å². The minimum atomic E-state index is -2.36. The van der Waals surface area contributed by atoms with E-state index in [0.717, 1.165) is 30.9 Å². The van der Waals surface area contributed by atoms with Crippen LogP contribution in [-0.2, 0) is 35.7 Å². The number of hydrogen-bond donors (Lipinski definition) is 4. The summed E-state index contributed by atoms with van der Waals surface area (Å²) in [5.41, 5.74) is -0.137. The molecule has 1 aromatic carbocycles. The van der Waals surface area contributed by atoms with Crippen molar-refractivity contribution in [3.8, 4) is 11.5 Å². The molecule has 0 amide bonds. The predicted octanol–water partition coefficient (Wildman–Crippen LogP) is 0.350. The van der Waals surface area contributed by atoms with Crippen LogP contribution >= 0.6 is 0 Å². The molecule has 0 radical (unpaired) electrons.